The van der Waals surface area contributed by atoms with E-state index in [9.17, 15) is 23.4 Å². The molecule has 1 saturated heterocycles. The van der Waals surface area contributed by atoms with Gasteiger partial charge in [0.1, 0.15) is 13.7 Å². The van der Waals surface area contributed by atoms with E-state index in [-0.39, 0.29) is 24.6 Å². The van der Waals surface area contributed by atoms with E-state index in [2.05, 4.69) is 46.4 Å². The van der Waals surface area contributed by atoms with Gasteiger partial charge in [0.15, 0.2) is 0 Å². The zero-order valence-electron chi connectivity index (χ0n) is 21.4. The van der Waals surface area contributed by atoms with Crippen LogP contribution in [-0.2, 0) is 10.0 Å². The molecule has 0 unspecified atom stereocenters. The van der Waals surface area contributed by atoms with E-state index in [0.29, 0.717) is 35.9 Å². The first-order valence-corrected chi connectivity index (χ1v) is 17.6. The predicted molar refractivity (Wildman–Crippen MR) is 142 cm³/mol. The molecule has 36 heavy (non-hydrogen) atoms. The third-order valence-corrected chi connectivity index (χ3v) is 9.01. The Morgan fingerprint density at radius 1 is 1.28 bits per heavy atom. The van der Waals surface area contributed by atoms with Gasteiger partial charge in [0, 0.05) is 24.7 Å². The molecule has 0 amide bonds. The smallest absolute Gasteiger partial charge is 0.268 e. The fourth-order valence-corrected chi connectivity index (χ4v) is 6.27. The molecule has 4 atom stereocenters. The van der Waals surface area contributed by atoms with Crippen LogP contribution >= 0.6 is 0 Å². The average molecular weight is 534 g/mol. The third kappa shape index (κ3) is 5.65. The highest BCUT2D eigenvalue weighted by molar-refractivity contribution is 7.88. The number of pyridine rings is 1. The second-order valence-electron chi connectivity index (χ2n) is 11.2. The number of rotatable bonds is 4. The number of piperidine rings is 1. The predicted octanol–water partition coefficient (Wildman–Crippen LogP) is 1.30. The maximum atomic E-state index is 13.6. The van der Waals surface area contributed by atoms with Crippen molar-refractivity contribution >= 4 is 35.1 Å². The summed E-state index contributed by atoms with van der Waals surface area (Å²) in [5.74, 6) is 3.31. The Morgan fingerprint density at radius 2 is 2.00 bits per heavy atom. The lowest BCUT2D eigenvalue weighted by molar-refractivity contribution is 0.0266. The number of anilines is 1. The molecule has 12 heteroatoms. The van der Waals surface area contributed by atoms with Crippen molar-refractivity contribution in [2.24, 2.45) is 0 Å². The number of sulfonamides is 1. The van der Waals surface area contributed by atoms with Crippen LogP contribution in [0.25, 0.3) is 11.0 Å². The molecule has 2 aliphatic rings. The molecule has 0 bridgehead atoms. The quantitative estimate of drug-likeness (QED) is 0.395. The molecule has 1 aliphatic carbocycles. The number of hydrogen-bond acceptors (Lipinski definition) is 8. The Labute approximate surface area is 212 Å². The van der Waals surface area contributed by atoms with Gasteiger partial charge in [-0.05, 0) is 38.7 Å². The molecule has 1 aliphatic heterocycles. The molecule has 2 aromatic heterocycles. The molecular formula is C24H35N5O5SSi. The summed E-state index contributed by atoms with van der Waals surface area (Å²) >= 11 is 0. The Bertz CT molecular complexity index is 1390. The normalized spacial score (nSPS) is 27.6. The van der Waals surface area contributed by atoms with Crippen molar-refractivity contribution in [3.63, 3.8) is 0 Å². The number of β-amino-alcohol motifs (C(OH)–C–C–N with tert-alkyl or cyclic N) is 1. The van der Waals surface area contributed by atoms with E-state index in [1.54, 1.807) is 23.8 Å². The second kappa shape index (κ2) is 9.53. The van der Waals surface area contributed by atoms with Gasteiger partial charge in [-0.1, -0.05) is 25.6 Å². The molecule has 4 rings (SSSR count). The fraction of sp³-hybridized carbons (Fsp3) is 0.625. The van der Waals surface area contributed by atoms with Gasteiger partial charge in [-0.15, -0.1) is 5.54 Å². The lowest BCUT2D eigenvalue weighted by Gasteiger charge is -2.34. The Balaban J connectivity index is 1.75. The van der Waals surface area contributed by atoms with Crippen LogP contribution in [0.2, 0.25) is 19.6 Å². The molecular weight excluding hydrogens is 498 g/mol. The van der Waals surface area contributed by atoms with Gasteiger partial charge in [0.2, 0.25) is 16.0 Å². The van der Waals surface area contributed by atoms with Gasteiger partial charge in [0.05, 0.1) is 35.6 Å². The third-order valence-electron chi connectivity index (χ3n) is 6.86. The number of nitrogens with one attached hydrogen (secondary N) is 1. The summed E-state index contributed by atoms with van der Waals surface area (Å²) in [5, 5.41) is 25.4. The van der Waals surface area contributed by atoms with Crippen molar-refractivity contribution in [2.75, 3.05) is 24.7 Å². The second-order valence-corrected chi connectivity index (χ2v) is 17.9. The lowest BCUT2D eigenvalue weighted by atomic mass is 9.99. The summed E-state index contributed by atoms with van der Waals surface area (Å²) in [5.41, 5.74) is 2.66. The fourth-order valence-electron chi connectivity index (χ4n) is 4.90. The molecule has 10 nitrogen and oxygen atoms in total. The van der Waals surface area contributed by atoms with Gasteiger partial charge < -0.3 is 15.5 Å². The minimum absolute atomic E-state index is 0.0150. The van der Waals surface area contributed by atoms with Gasteiger partial charge >= 0.3 is 0 Å². The summed E-state index contributed by atoms with van der Waals surface area (Å²) in [6.07, 6.45) is 4.19. The number of aromatic nitrogens is 3. The van der Waals surface area contributed by atoms with Crippen molar-refractivity contribution < 1.29 is 18.6 Å². The van der Waals surface area contributed by atoms with Crippen LogP contribution in [0.5, 0.6) is 0 Å². The SMILES string of the molecule is C[C@@]1(O)CCC[C@H]1n1c(=O)c(C#C[Si](C)(C)C)cc2cnc(N[C@@H]3CCN(S(C)(=O)=O)C[C@H]3O)nc21. The number of aliphatic hydroxyl groups excluding tert-OH is 1. The highest BCUT2D eigenvalue weighted by Crippen LogP contribution is 2.39. The summed E-state index contributed by atoms with van der Waals surface area (Å²) < 4.78 is 26.5. The summed E-state index contributed by atoms with van der Waals surface area (Å²) in [7, 11) is -5.12. The molecule has 2 aromatic rings. The molecule has 3 heterocycles. The van der Waals surface area contributed by atoms with E-state index in [1.165, 1.54) is 4.31 Å². The standard InChI is InChI=1S/C24H35N5O5SSi/c1-24(32)10-6-7-20(24)29-21-17(13-16(22(29)31)9-12-36(3,4)5)14-25-23(27-21)26-18-8-11-28(15-19(18)30)35(2,33)34/h13-14,18-20,30,32H,6-8,10-11,15H2,1-5H3,(H,25,26,27)/t18-,19-,20-,24-/m1/s1. The summed E-state index contributed by atoms with van der Waals surface area (Å²) in [6.45, 7) is 8.33. The minimum atomic E-state index is -3.39. The Morgan fingerprint density at radius 3 is 2.58 bits per heavy atom. The van der Waals surface area contributed by atoms with Crippen LogP contribution < -0.4 is 10.9 Å². The lowest BCUT2D eigenvalue weighted by Crippen LogP contribution is -2.51. The van der Waals surface area contributed by atoms with Crippen LogP contribution in [0, 0.1) is 11.5 Å². The van der Waals surface area contributed by atoms with Gasteiger partial charge in [-0.3, -0.25) is 9.36 Å². The first kappa shape index (κ1) is 26.8. The van der Waals surface area contributed by atoms with Gasteiger partial charge in [0.25, 0.3) is 5.56 Å². The van der Waals surface area contributed by atoms with Crippen LogP contribution in [0.4, 0.5) is 5.95 Å². The van der Waals surface area contributed by atoms with Crippen molar-refractivity contribution in [2.45, 2.75) is 76.0 Å². The molecule has 196 valence electrons. The van der Waals surface area contributed by atoms with Crippen molar-refractivity contribution in [1.82, 2.24) is 18.8 Å². The highest BCUT2D eigenvalue weighted by atomic mass is 32.2. The monoisotopic (exact) mass is 533 g/mol. The topological polar surface area (TPSA) is 138 Å². The maximum Gasteiger partial charge on any atom is 0.268 e. The van der Waals surface area contributed by atoms with Gasteiger partial charge in [-0.25, -0.2) is 13.4 Å². The van der Waals surface area contributed by atoms with E-state index >= 15 is 0 Å². The van der Waals surface area contributed by atoms with Crippen LogP contribution in [-0.4, -0.2) is 82.6 Å². The molecule has 1 saturated carbocycles. The van der Waals surface area contributed by atoms with Crippen LogP contribution in [0.15, 0.2) is 17.1 Å². The zero-order chi connectivity index (χ0) is 26.5. The van der Waals surface area contributed by atoms with Gasteiger partial charge in [-0.2, -0.15) is 9.29 Å². The molecule has 3 N–H and O–H groups in total. The summed E-state index contributed by atoms with van der Waals surface area (Å²) in [4.78, 5) is 22.7. The largest absolute Gasteiger partial charge is 0.390 e. The number of fused-ring (bicyclic) bond motifs is 1. The maximum absolute atomic E-state index is 13.6. The van der Waals surface area contributed by atoms with E-state index < -0.39 is 41.9 Å². The average Bonchev–Trinajstić information content (AvgIpc) is 3.11. The number of hydrogen-bond donors (Lipinski definition) is 3. The molecule has 0 spiro atoms. The highest BCUT2D eigenvalue weighted by Gasteiger charge is 2.40. The first-order chi connectivity index (χ1) is 16.7. The Hall–Kier alpha value is -2.30. The number of nitrogens with zero attached hydrogens (tertiary/aromatic N) is 4. The van der Waals surface area contributed by atoms with E-state index in [1.807, 2.05) is 0 Å². The van der Waals surface area contributed by atoms with E-state index in [4.69, 9.17) is 0 Å². The van der Waals surface area contributed by atoms with Crippen LogP contribution in [0.3, 0.4) is 0 Å². The molecule has 0 aromatic carbocycles. The molecule has 0 radical (unpaired) electrons. The minimum Gasteiger partial charge on any atom is -0.390 e. The van der Waals surface area contributed by atoms with Crippen molar-refractivity contribution in [3.8, 4) is 11.5 Å². The van der Waals surface area contributed by atoms with E-state index in [0.717, 1.165) is 12.7 Å². The summed E-state index contributed by atoms with van der Waals surface area (Å²) in [6, 6.07) is 0.804. The van der Waals surface area contributed by atoms with Crippen LogP contribution in [0.1, 0.15) is 44.2 Å². The Kier molecular flexibility index (Phi) is 7.09. The number of aliphatic hydroxyl groups is 2. The molecule has 2 fully saturated rings. The van der Waals surface area contributed by atoms with Crippen molar-refractivity contribution in [1.29, 1.82) is 0 Å². The van der Waals surface area contributed by atoms with Crippen molar-refractivity contribution in [3.05, 3.63) is 28.2 Å². The first-order valence-electron chi connectivity index (χ1n) is 12.2. The zero-order valence-corrected chi connectivity index (χ0v) is 23.3.